The van der Waals surface area contributed by atoms with Gasteiger partial charge in [-0.25, -0.2) is 9.59 Å². The van der Waals surface area contributed by atoms with Crippen LogP contribution in [-0.4, -0.2) is 59.1 Å². The topological polar surface area (TPSA) is 64.2 Å². The Morgan fingerprint density at radius 3 is 1.36 bits per heavy atom. The van der Waals surface area contributed by atoms with E-state index in [0.717, 1.165) is 51.9 Å². The first-order chi connectivity index (χ1) is 10.2. The Bertz CT molecular complexity index is 394. The molecule has 0 radical (unpaired) electrons. The molecule has 0 aromatic rings. The van der Waals surface area contributed by atoms with E-state index in [1.54, 1.807) is 0 Å². The molecule has 0 aromatic heterocycles. The second-order valence-corrected chi connectivity index (χ2v) is 7.68. The molecule has 126 valence electrons. The number of nitrogens with one attached hydrogen (secondary N) is 2. The summed E-state index contributed by atoms with van der Waals surface area (Å²) >= 11 is 0. The summed E-state index contributed by atoms with van der Waals surface area (Å²) in [6.45, 7) is 11.5. The molecule has 0 aliphatic carbocycles. The third kappa shape index (κ3) is 4.52. The van der Waals surface area contributed by atoms with Gasteiger partial charge in [-0.05, 0) is 40.5 Å². The fraction of sp³-hybridized carbons (Fsp3) is 0.875. The number of urea groups is 2. The minimum atomic E-state index is 0.0500. The van der Waals surface area contributed by atoms with Crippen LogP contribution in [0.1, 0.15) is 53.4 Å². The Hall–Kier alpha value is -1.46. The number of carbonyl (C=O) groups excluding carboxylic acids is 2. The standard InChI is InChI=1S/C16H30N4O2/c1-15(2)11-19(15)13(21)17-9-7-5-6-8-10-18-14(22)20-12-16(20,3)4/h5-12H2,1-4H3,(H,17,21)(H,18,22). The van der Waals surface area contributed by atoms with Gasteiger partial charge in [-0.3, -0.25) is 0 Å². The average Bonchev–Trinajstić information content (AvgIpc) is 3.27. The molecule has 0 unspecified atom stereocenters. The molecule has 2 aliphatic heterocycles. The lowest BCUT2D eigenvalue weighted by molar-refractivity contribution is 0.222. The van der Waals surface area contributed by atoms with Crippen LogP contribution in [0.25, 0.3) is 0 Å². The van der Waals surface area contributed by atoms with Crippen LogP contribution in [0.4, 0.5) is 9.59 Å². The summed E-state index contributed by atoms with van der Waals surface area (Å²) in [4.78, 5) is 27.1. The van der Waals surface area contributed by atoms with E-state index < -0.39 is 0 Å². The zero-order valence-electron chi connectivity index (χ0n) is 14.4. The van der Waals surface area contributed by atoms with Gasteiger partial charge < -0.3 is 20.4 Å². The molecule has 2 N–H and O–H groups in total. The first kappa shape index (κ1) is 16.9. The van der Waals surface area contributed by atoms with E-state index in [1.165, 1.54) is 0 Å². The van der Waals surface area contributed by atoms with Gasteiger partial charge in [-0.2, -0.15) is 0 Å². The summed E-state index contributed by atoms with van der Waals surface area (Å²) in [5.74, 6) is 0. The van der Waals surface area contributed by atoms with Crippen LogP contribution >= 0.6 is 0 Å². The van der Waals surface area contributed by atoms with Gasteiger partial charge in [0, 0.05) is 26.2 Å². The number of nitrogens with zero attached hydrogens (tertiary/aromatic N) is 2. The Labute approximate surface area is 133 Å². The quantitative estimate of drug-likeness (QED) is 0.559. The van der Waals surface area contributed by atoms with Crippen molar-refractivity contribution in [2.24, 2.45) is 0 Å². The van der Waals surface area contributed by atoms with Crippen molar-refractivity contribution in [1.82, 2.24) is 20.4 Å². The predicted octanol–water partition coefficient (Wildman–Crippen LogP) is 2.15. The summed E-state index contributed by atoms with van der Waals surface area (Å²) in [5, 5.41) is 5.90. The zero-order chi connectivity index (χ0) is 16.4. The molecule has 0 atom stereocenters. The van der Waals surface area contributed by atoms with Gasteiger partial charge in [-0.1, -0.05) is 12.8 Å². The van der Waals surface area contributed by atoms with Crippen LogP contribution in [0, 0.1) is 0 Å². The minimum Gasteiger partial charge on any atom is -0.338 e. The molecule has 0 aromatic carbocycles. The monoisotopic (exact) mass is 310 g/mol. The SMILES string of the molecule is CC1(C)CN1C(=O)NCCCCCCNC(=O)N1CC1(C)C. The number of unbranched alkanes of at least 4 members (excludes halogenated alkanes) is 3. The van der Waals surface area contributed by atoms with Crippen molar-refractivity contribution in [3.63, 3.8) is 0 Å². The van der Waals surface area contributed by atoms with Gasteiger partial charge in [-0.15, -0.1) is 0 Å². The van der Waals surface area contributed by atoms with Crippen molar-refractivity contribution in [1.29, 1.82) is 0 Å². The van der Waals surface area contributed by atoms with Gasteiger partial charge in [0.1, 0.15) is 0 Å². The first-order valence-electron chi connectivity index (χ1n) is 8.35. The van der Waals surface area contributed by atoms with Crippen LogP contribution in [-0.2, 0) is 0 Å². The van der Waals surface area contributed by atoms with Gasteiger partial charge in [0.25, 0.3) is 0 Å². The fourth-order valence-electron chi connectivity index (χ4n) is 2.58. The van der Waals surface area contributed by atoms with Gasteiger partial charge in [0.15, 0.2) is 0 Å². The van der Waals surface area contributed by atoms with Crippen molar-refractivity contribution in [2.45, 2.75) is 64.5 Å². The number of rotatable bonds is 7. The Morgan fingerprint density at radius 2 is 1.09 bits per heavy atom. The zero-order valence-corrected chi connectivity index (χ0v) is 14.4. The predicted molar refractivity (Wildman–Crippen MR) is 86.8 cm³/mol. The van der Waals surface area contributed by atoms with E-state index in [1.807, 2.05) is 9.80 Å². The Balaban J connectivity index is 1.39. The molecule has 2 aliphatic rings. The van der Waals surface area contributed by atoms with Gasteiger partial charge in [0.05, 0.1) is 11.1 Å². The smallest absolute Gasteiger partial charge is 0.317 e. The van der Waals surface area contributed by atoms with E-state index in [-0.39, 0.29) is 23.1 Å². The molecular weight excluding hydrogens is 280 g/mol. The number of amides is 4. The Kier molecular flexibility index (Phi) is 4.87. The molecule has 0 saturated carbocycles. The molecule has 2 heterocycles. The van der Waals surface area contributed by atoms with E-state index >= 15 is 0 Å². The summed E-state index contributed by atoms with van der Waals surface area (Å²) in [6.07, 6.45) is 4.14. The van der Waals surface area contributed by atoms with E-state index in [0.29, 0.717) is 0 Å². The van der Waals surface area contributed by atoms with E-state index in [4.69, 9.17) is 0 Å². The fourth-order valence-corrected chi connectivity index (χ4v) is 2.58. The largest absolute Gasteiger partial charge is 0.338 e. The lowest BCUT2D eigenvalue weighted by atomic mass is 10.2. The van der Waals surface area contributed by atoms with Crippen molar-refractivity contribution < 1.29 is 9.59 Å². The number of hydrogen-bond donors (Lipinski definition) is 2. The summed E-state index contributed by atoms with van der Waals surface area (Å²) in [6, 6.07) is 0.108. The molecular formula is C16H30N4O2. The van der Waals surface area contributed by atoms with Crippen molar-refractivity contribution in [2.75, 3.05) is 26.2 Å². The second-order valence-electron chi connectivity index (χ2n) is 7.68. The summed E-state index contributed by atoms with van der Waals surface area (Å²) in [7, 11) is 0. The average molecular weight is 310 g/mol. The van der Waals surface area contributed by atoms with Crippen LogP contribution < -0.4 is 10.6 Å². The summed E-state index contributed by atoms with van der Waals surface area (Å²) < 4.78 is 0. The van der Waals surface area contributed by atoms with Crippen LogP contribution in [0.5, 0.6) is 0 Å². The highest BCUT2D eigenvalue weighted by Gasteiger charge is 2.47. The van der Waals surface area contributed by atoms with Crippen molar-refractivity contribution in [3.8, 4) is 0 Å². The van der Waals surface area contributed by atoms with Crippen LogP contribution in [0.15, 0.2) is 0 Å². The van der Waals surface area contributed by atoms with Crippen LogP contribution in [0.3, 0.4) is 0 Å². The molecule has 6 nitrogen and oxygen atoms in total. The lowest BCUT2D eigenvalue weighted by Gasteiger charge is -2.10. The van der Waals surface area contributed by atoms with Gasteiger partial charge in [0.2, 0.25) is 0 Å². The molecule has 2 fully saturated rings. The highest BCUT2D eigenvalue weighted by molar-refractivity contribution is 5.78. The number of carbonyl (C=O) groups is 2. The number of hydrogen-bond acceptors (Lipinski definition) is 2. The molecule has 2 saturated heterocycles. The third-order valence-corrected chi connectivity index (χ3v) is 4.49. The van der Waals surface area contributed by atoms with Crippen LogP contribution in [0.2, 0.25) is 0 Å². The highest BCUT2D eigenvalue weighted by Crippen LogP contribution is 2.30. The molecule has 4 amide bonds. The maximum atomic E-state index is 11.7. The molecule has 2 rings (SSSR count). The molecule has 0 bridgehead atoms. The van der Waals surface area contributed by atoms with Crippen molar-refractivity contribution in [3.05, 3.63) is 0 Å². The first-order valence-corrected chi connectivity index (χ1v) is 8.35. The molecule has 0 spiro atoms. The highest BCUT2D eigenvalue weighted by atomic mass is 16.2. The minimum absolute atomic E-state index is 0.0500. The van der Waals surface area contributed by atoms with Crippen molar-refractivity contribution >= 4 is 12.1 Å². The third-order valence-electron chi connectivity index (χ3n) is 4.49. The molecule has 6 heteroatoms. The van der Waals surface area contributed by atoms with Gasteiger partial charge >= 0.3 is 12.1 Å². The maximum Gasteiger partial charge on any atom is 0.317 e. The summed E-state index contributed by atoms with van der Waals surface area (Å²) in [5.41, 5.74) is 0.100. The second kappa shape index (κ2) is 6.34. The molecule has 22 heavy (non-hydrogen) atoms. The lowest BCUT2D eigenvalue weighted by Crippen LogP contribution is -2.32. The maximum absolute atomic E-state index is 11.7. The Morgan fingerprint density at radius 1 is 0.773 bits per heavy atom. The normalized spacial score (nSPS) is 20.5. The van der Waals surface area contributed by atoms with E-state index in [2.05, 4.69) is 38.3 Å². The van der Waals surface area contributed by atoms with E-state index in [9.17, 15) is 9.59 Å².